The summed E-state index contributed by atoms with van der Waals surface area (Å²) in [7, 11) is -3.79. The standard InChI is InChI=1S/C7H14N4O2S/c1-4(2)5(3)6-9-7(11-10-6)14(8,12)13/h4-5H,1-3H3,(H2,8,12,13)(H,9,10,11). The lowest BCUT2D eigenvalue weighted by Gasteiger charge is -2.10. The number of rotatable bonds is 3. The van der Waals surface area contributed by atoms with Crippen LogP contribution < -0.4 is 5.14 Å². The second-order valence-electron chi connectivity index (χ2n) is 3.58. The molecule has 0 spiro atoms. The molecule has 0 fully saturated rings. The van der Waals surface area contributed by atoms with E-state index in [-0.39, 0.29) is 11.1 Å². The Balaban J connectivity index is 3.00. The Morgan fingerprint density at radius 2 is 1.93 bits per heavy atom. The first-order valence-electron chi connectivity index (χ1n) is 4.27. The number of sulfonamides is 1. The molecule has 0 amide bonds. The number of H-pyrrole nitrogens is 1. The summed E-state index contributed by atoms with van der Waals surface area (Å²) in [6.45, 7) is 5.98. The Labute approximate surface area is 83.0 Å². The van der Waals surface area contributed by atoms with Crippen molar-refractivity contribution in [3.8, 4) is 0 Å². The van der Waals surface area contributed by atoms with Crippen LogP contribution in [0.4, 0.5) is 0 Å². The maximum Gasteiger partial charge on any atom is 0.282 e. The molecule has 1 aromatic heterocycles. The van der Waals surface area contributed by atoms with Crippen LogP contribution in [0.3, 0.4) is 0 Å². The lowest BCUT2D eigenvalue weighted by atomic mass is 9.98. The normalized spacial score (nSPS) is 14.6. The van der Waals surface area contributed by atoms with Crippen molar-refractivity contribution in [2.45, 2.75) is 31.8 Å². The fourth-order valence-corrected chi connectivity index (χ4v) is 1.30. The quantitative estimate of drug-likeness (QED) is 0.757. The number of aromatic amines is 1. The molecular formula is C7H14N4O2S. The van der Waals surface area contributed by atoms with E-state index >= 15 is 0 Å². The first-order chi connectivity index (χ1) is 6.32. The zero-order valence-electron chi connectivity index (χ0n) is 8.35. The van der Waals surface area contributed by atoms with Crippen LogP contribution in [0.2, 0.25) is 0 Å². The van der Waals surface area contributed by atoms with Gasteiger partial charge in [0.15, 0.2) is 0 Å². The predicted molar refractivity (Wildman–Crippen MR) is 51.0 cm³/mol. The number of primary sulfonamides is 1. The first-order valence-corrected chi connectivity index (χ1v) is 5.82. The molecule has 0 bridgehead atoms. The topological polar surface area (TPSA) is 102 Å². The zero-order valence-corrected chi connectivity index (χ0v) is 9.17. The summed E-state index contributed by atoms with van der Waals surface area (Å²) in [5, 5.41) is 10.6. The maximum absolute atomic E-state index is 10.9. The smallest absolute Gasteiger partial charge is 0.262 e. The molecule has 7 heteroatoms. The van der Waals surface area contributed by atoms with Crippen LogP contribution in [-0.4, -0.2) is 23.6 Å². The van der Waals surface area contributed by atoms with E-state index < -0.39 is 10.0 Å². The number of nitrogens with zero attached hydrogens (tertiary/aromatic N) is 2. The Bertz CT molecular complexity index is 409. The van der Waals surface area contributed by atoms with Gasteiger partial charge in [-0.1, -0.05) is 20.8 Å². The zero-order chi connectivity index (χ0) is 10.9. The van der Waals surface area contributed by atoms with Gasteiger partial charge in [0.2, 0.25) is 0 Å². The third kappa shape index (κ3) is 2.30. The molecule has 1 atom stereocenters. The van der Waals surface area contributed by atoms with Gasteiger partial charge < -0.3 is 0 Å². The minimum absolute atomic E-state index is 0.123. The van der Waals surface area contributed by atoms with E-state index in [0.29, 0.717) is 11.7 Å². The van der Waals surface area contributed by atoms with Crippen molar-refractivity contribution in [3.05, 3.63) is 5.82 Å². The maximum atomic E-state index is 10.9. The molecule has 3 N–H and O–H groups in total. The van der Waals surface area contributed by atoms with Gasteiger partial charge >= 0.3 is 0 Å². The van der Waals surface area contributed by atoms with E-state index in [4.69, 9.17) is 5.14 Å². The highest BCUT2D eigenvalue weighted by Crippen LogP contribution is 2.20. The van der Waals surface area contributed by atoms with Crippen LogP contribution in [0.5, 0.6) is 0 Å². The van der Waals surface area contributed by atoms with E-state index in [1.165, 1.54) is 0 Å². The Morgan fingerprint density at radius 1 is 1.36 bits per heavy atom. The Kier molecular flexibility index (Phi) is 2.91. The van der Waals surface area contributed by atoms with Crippen molar-refractivity contribution < 1.29 is 8.42 Å². The molecule has 1 unspecified atom stereocenters. The molecule has 1 rings (SSSR count). The highest BCUT2D eigenvalue weighted by molar-refractivity contribution is 7.89. The van der Waals surface area contributed by atoms with Gasteiger partial charge in [-0.2, -0.15) is 0 Å². The van der Waals surface area contributed by atoms with Crippen molar-refractivity contribution in [1.82, 2.24) is 15.2 Å². The van der Waals surface area contributed by atoms with Gasteiger partial charge in [0.25, 0.3) is 15.2 Å². The average Bonchev–Trinajstić information content (AvgIpc) is 2.49. The van der Waals surface area contributed by atoms with Crippen LogP contribution in [0.25, 0.3) is 0 Å². The summed E-state index contributed by atoms with van der Waals surface area (Å²) in [5.74, 6) is 1.03. The Morgan fingerprint density at radius 3 is 2.29 bits per heavy atom. The van der Waals surface area contributed by atoms with Crippen molar-refractivity contribution in [3.63, 3.8) is 0 Å². The van der Waals surface area contributed by atoms with Gasteiger partial charge in [0, 0.05) is 5.92 Å². The number of nitrogens with two attached hydrogens (primary N) is 1. The van der Waals surface area contributed by atoms with Crippen molar-refractivity contribution in [2.75, 3.05) is 0 Å². The van der Waals surface area contributed by atoms with Crippen LogP contribution in [-0.2, 0) is 10.0 Å². The van der Waals surface area contributed by atoms with Crippen LogP contribution >= 0.6 is 0 Å². The fraction of sp³-hybridized carbons (Fsp3) is 0.714. The van der Waals surface area contributed by atoms with E-state index in [1.54, 1.807) is 0 Å². The summed E-state index contributed by atoms with van der Waals surface area (Å²) in [6.07, 6.45) is 0. The molecule has 1 heterocycles. The molecular weight excluding hydrogens is 204 g/mol. The SMILES string of the molecule is CC(C)C(C)c1nc(S(N)(=O)=O)n[nH]1. The van der Waals surface area contributed by atoms with Gasteiger partial charge in [-0.05, 0) is 5.92 Å². The molecule has 0 saturated carbocycles. The molecule has 0 aliphatic rings. The van der Waals surface area contributed by atoms with Gasteiger partial charge in [0.05, 0.1) is 0 Å². The van der Waals surface area contributed by atoms with E-state index in [9.17, 15) is 8.42 Å². The van der Waals surface area contributed by atoms with Gasteiger partial charge in [-0.15, -0.1) is 5.10 Å². The molecule has 0 aromatic carbocycles. The molecule has 80 valence electrons. The number of nitrogens with one attached hydrogen (secondary N) is 1. The third-order valence-corrected chi connectivity index (χ3v) is 2.86. The van der Waals surface area contributed by atoms with Gasteiger partial charge in [-0.3, -0.25) is 5.10 Å². The van der Waals surface area contributed by atoms with Crippen molar-refractivity contribution in [1.29, 1.82) is 0 Å². The molecule has 6 nitrogen and oxygen atoms in total. The highest BCUT2D eigenvalue weighted by Gasteiger charge is 2.19. The molecule has 0 radical (unpaired) electrons. The second-order valence-corrected chi connectivity index (χ2v) is 5.04. The van der Waals surface area contributed by atoms with Crippen LogP contribution in [0.15, 0.2) is 5.16 Å². The second kappa shape index (κ2) is 3.66. The summed E-state index contributed by atoms with van der Waals surface area (Å²) < 4.78 is 21.7. The fourth-order valence-electron chi connectivity index (χ4n) is 0.905. The van der Waals surface area contributed by atoms with Gasteiger partial charge in [0.1, 0.15) is 5.82 Å². The monoisotopic (exact) mass is 218 g/mol. The minimum atomic E-state index is -3.79. The lowest BCUT2D eigenvalue weighted by molar-refractivity contribution is 0.511. The van der Waals surface area contributed by atoms with E-state index in [2.05, 4.69) is 15.2 Å². The summed E-state index contributed by atoms with van der Waals surface area (Å²) in [5.41, 5.74) is 0. The lowest BCUT2D eigenvalue weighted by Crippen LogP contribution is -2.14. The minimum Gasteiger partial charge on any atom is -0.262 e. The van der Waals surface area contributed by atoms with E-state index in [0.717, 1.165) is 0 Å². The van der Waals surface area contributed by atoms with E-state index in [1.807, 2.05) is 20.8 Å². The van der Waals surface area contributed by atoms with Crippen molar-refractivity contribution in [2.24, 2.45) is 11.1 Å². The highest BCUT2D eigenvalue weighted by atomic mass is 32.2. The van der Waals surface area contributed by atoms with Crippen molar-refractivity contribution >= 4 is 10.0 Å². The number of aromatic nitrogens is 3. The molecule has 0 aliphatic carbocycles. The number of hydrogen-bond acceptors (Lipinski definition) is 4. The van der Waals surface area contributed by atoms with Gasteiger partial charge in [-0.25, -0.2) is 18.5 Å². The summed E-state index contributed by atoms with van der Waals surface area (Å²) in [4.78, 5) is 3.82. The summed E-state index contributed by atoms with van der Waals surface area (Å²) in [6, 6.07) is 0. The van der Waals surface area contributed by atoms with Crippen LogP contribution in [0.1, 0.15) is 32.5 Å². The molecule has 0 aliphatic heterocycles. The third-order valence-electron chi connectivity index (χ3n) is 2.17. The molecule has 14 heavy (non-hydrogen) atoms. The largest absolute Gasteiger partial charge is 0.282 e. The molecule has 0 saturated heterocycles. The first kappa shape index (κ1) is 11.1. The predicted octanol–water partition coefficient (Wildman–Crippen LogP) is 0.212. The summed E-state index contributed by atoms with van der Waals surface area (Å²) >= 11 is 0. The van der Waals surface area contributed by atoms with Crippen LogP contribution in [0, 0.1) is 5.92 Å². The number of hydrogen-bond donors (Lipinski definition) is 2. The average molecular weight is 218 g/mol. The molecule has 1 aromatic rings. The Hall–Kier alpha value is -0.950.